The normalized spacial score (nSPS) is 16.3. The third-order valence-corrected chi connectivity index (χ3v) is 7.72. The summed E-state index contributed by atoms with van der Waals surface area (Å²) >= 11 is 0. The van der Waals surface area contributed by atoms with Gasteiger partial charge in [-0.25, -0.2) is 8.42 Å². The Morgan fingerprint density at radius 3 is 1.88 bits per heavy atom. The van der Waals surface area contributed by atoms with Gasteiger partial charge in [-0.05, 0) is 11.1 Å². The largest absolute Gasteiger partial charge is 0.296 e. The van der Waals surface area contributed by atoms with Crippen LogP contribution in [0.1, 0.15) is 37.6 Å². The predicted octanol–water partition coefficient (Wildman–Crippen LogP) is 3.74. The number of piperazine rings is 1. The number of sulfonamides is 1. The van der Waals surface area contributed by atoms with E-state index in [1.54, 1.807) is 15.2 Å². The SMILES string of the molecule is CC(C)(C)c1nn(Cc2ccccc2)cc1S(=O)(=O)N1CCN(Cc2ccccc2)CC1. The van der Waals surface area contributed by atoms with Crippen LogP contribution >= 0.6 is 0 Å². The Kier molecular flexibility index (Phi) is 6.51. The Labute approximate surface area is 191 Å². The first kappa shape index (κ1) is 22.7. The van der Waals surface area contributed by atoms with Crippen molar-refractivity contribution in [2.24, 2.45) is 0 Å². The molecule has 0 amide bonds. The molecule has 4 rings (SSSR count). The highest BCUT2D eigenvalue weighted by molar-refractivity contribution is 7.89. The van der Waals surface area contributed by atoms with Gasteiger partial charge < -0.3 is 0 Å². The predicted molar refractivity (Wildman–Crippen MR) is 127 cm³/mol. The van der Waals surface area contributed by atoms with Crippen molar-refractivity contribution in [3.63, 3.8) is 0 Å². The highest BCUT2D eigenvalue weighted by Crippen LogP contribution is 2.30. The van der Waals surface area contributed by atoms with Gasteiger partial charge in [-0.1, -0.05) is 81.4 Å². The van der Waals surface area contributed by atoms with Gasteiger partial charge in [-0.2, -0.15) is 9.40 Å². The summed E-state index contributed by atoms with van der Waals surface area (Å²) in [7, 11) is -3.62. The summed E-state index contributed by atoms with van der Waals surface area (Å²) in [5.74, 6) is 0. The maximum atomic E-state index is 13.6. The van der Waals surface area contributed by atoms with E-state index in [0.717, 1.165) is 25.2 Å². The maximum absolute atomic E-state index is 13.6. The van der Waals surface area contributed by atoms with Gasteiger partial charge in [0.05, 0.1) is 12.2 Å². The molecule has 0 aliphatic carbocycles. The minimum Gasteiger partial charge on any atom is -0.296 e. The maximum Gasteiger partial charge on any atom is 0.246 e. The topological polar surface area (TPSA) is 58.4 Å². The van der Waals surface area contributed by atoms with Gasteiger partial charge in [0.1, 0.15) is 4.90 Å². The van der Waals surface area contributed by atoms with Crippen LogP contribution in [0.2, 0.25) is 0 Å². The fraction of sp³-hybridized carbons (Fsp3) is 0.400. The third-order valence-electron chi connectivity index (χ3n) is 5.82. The van der Waals surface area contributed by atoms with Crippen LogP contribution in [0.5, 0.6) is 0 Å². The molecule has 0 bridgehead atoms. The molecule has 1 aliphatic rings. The van der Waals surface area contributed by atoms with Crippen LogP contribution in [0.4, 0.5) is 0 Å². The second-order valence-corrected chi connectivity index (χ2v) is 11.3. The van der Waals surface area contributed by atoms with E-state index in [1.165, 1.54) is 5.56 Å². The van der Waals surface area contributed by atoms with Crippen LogP contribution in [0, 0.1) is 0 Å². The van der Waals surface area contributed by atoms with E-state index in [1.807, 2.05) is 69.3 Å². The van der Waals surface area contributed by atoms with Gasteiger partial charge in [-0.3, -0.25) is 9.58 Å². The molecule has 32 heavy (non-hydrogen) atoms. The van der Waals surface area contributed by atoms with Crippen LogP contribution in [-0.2, 0) is 28.5 Å². The number of rotatable bonds is 6. The Hall–Kier alpha value is -2.48. The second-order valence-electron chi connectivity index (χ2n) is 9.44. The number of benzene rings is 2. The Morgan fingerprint density at radius 2 is 1.34 bits per heavy atom. The molecular weight excluding hydrogens is 420 g/mol. The summed E-state index contributed by atoms with van der Waals surface area (Å²) in [4.78, 5) is 2.64. The van der Waals surface area contributed by atoms with E-state index in [2.05, 4.69) is 17.0 Å². The third kappa shape index (κ3) is 5.11. The first-order chi connectivity index (χ1) is 15.2. The Balaban J connectivity index is 1.52. The van der Waals surface area contributed by atoms with Gasteiger partial charge in [-0.15, -0.1) is 0 Å². The number of nitrogens with zero attached hydrogens (tertiary/aromatic N) is 4. The quantitative estimate of drug-likeness (QED) is 0.572. The summed E-state index contributed by atoms with van der Waals surface area (Å²) in [5, 5.41) is 4.71. The molecule has 0 atom stereocenters. The van der Waals surface area contributed by atoms with Crippen LogP contribution in [-0.4, -0.2) is 53.6 Å². The molecule has 6 nitrogen and oxygen atoms in total. The highest BCUT2D eigenvalue weighted by atomic mass is 32.2. The van der Waals surface area contributed by atoms with E-state index in [4.69, 9.17) is 5.10 Å². The lowest BCUT2D eigenvalue weighted by Gasteiger charge is -2.34. The average molecular weight is 453 g/mol. The van der Waals surface area contributed by atoms with Crippen molar-refractivity contribution >= 4 is 10.0 Å². The van der Waals surface area contributed by atoms with Gasteiger partial charge in [0.15, 0.2) is 0 Å². The fourth-order valence-corrected chi connectivity index (χ4v) is 5.84. The lowest BCUT2D eigenvalue weighted by atomic mass is 9.92. The van der Waals surface area contributed by atoms with Crippen LogP contribution < -0.4 is 0 Å². The van der Waals surface area contributed by atoms with Crippen molar-refractivity contribution in [2.75, 3.05) is 26.2 Å². The first-order valence-corrected chi connectivity index (χ1v) is 12.6. The van der Waals surface area contributed by atoms with Crippen LogP contribution in [0.3, 0.4) is 0 Å². The van der Waals surface area contributed by atoms with E-state index < -0.39 is 10.0 Å². The second kappa shape index (κ2) is 9.17. The lowest BCUT2D eigenvalue weighted by Crippen LogP contribution is -2.48. The van der Waals surface area contributed by atoms with Crippen LogP contribution in [0.15, 0.2) is 71.8 Å². The summed E-state index contributed by atoms with van der Waals surface area (Å²) < 4.78 is 30.7. The van der Waals surface area contributed by atoms with Crippen molar-refractivity contribution in [2.45, 2.75) is 44.2 Å². The zero-order chi connectivity index (χ0) is 22.8. The standard InChI is InChI=1S/C25H32N4O2S/c1-25(2,3)24-23(20-28(26-24)19-22-12-8-5-9-13-22)32(30,31)29-16-14-27(15-17-29)18-21-10-6-4-7-11-21/h4-13,20H,14-19H2,1-3H3. The molecule has 2 aromatic carbocycles. The van der Waals surface area contributed by atoms with E-state index in [9.17, 15) is 8.42 Å². The summed E-state index contributed by atoms with van der Waals surface area (Å²) in [6.07, 6.45) is 1.71. The molecule has 1 aliphatic heterocycles. The molecule has 1 fully saturated rings. The highest BCUT2D eigenvalue weighted by Gasteiger charge is 2.35. The van der Waals surface area contributed by atoms with Crippen molar-refractivity contribution in [1.82, 2.24) is 19.0 Å². The number of hydrogen-bond acceptors (Lipinski definition) is 4. The molecule has 0 radical (unpaired) electrons. The Bertz CT molecular complexity index is 1130. The molecule has 1 aromatic heterocycles. The van der Waals surface area contributed by atoms with Gasteiger partial charge in [0.25, 0.3) is 0 Å². The molecule has 1 saturated heterocycles. The summed E-state index contributed by atoms with van der Waals surface area (Å²) in [6, 6.07) is 20.3. The Morgan fingerprint density at radius 1 is 0.812 bits per heavy atom. The molecule has 0 unspecified atom stereocenters. The van der Waals surface area contributed by atoms with Crippen molar-refractivity contribution in [1.29, 1.82) is 0 Å². The van der Waals surface area contributed by atoms with E-state index in [0.29, 0.717) is 30.2 Å². The number of hydrogen-bond donors (Lipinski definition) is 0. The molecule has 2 heterocycles. The van der Waals surface area contributed by atoms with Crippen molar-refractivity contribution in [3.8, 4) is 0 Å². The van der Waals surface area contributed by atoms with Gasteiger partial charge in [0, 0.05) is 44.3 Å². The number of aromatic nitrogens is 2. The minimum absolute atomic E-state index is 0.331. The zero-order valence-corrected chi connectivity index (χ0v) is 19.9. The molecule has 0 N–H and O–H groups in total. The molecule has 7 heteroatoms. The smallest absolute Gasteiger partial charge is 0.246 e. The van der Waals surface area contributed by atoms with Crippen LogP contribution in [0.25, 0.3) is 0 Å². The average Bonchev–Trinajstić information content (AvgIpc) is 3.21. The van der Waals surface area contributed by atoms with Crippen molar-refractivity contribution < 1.29 is 8.42 Å². The monoisotopic (exact) mass is 452 g/mol. The molecule has 0 saturated carbocycles. The molecule has 170 valence electrons. The van der Waals surface area contributed by atoms with E-state index >= 15 is 0 Å². The molecule has 0 spiro atoms. The minimum atomic E-state index is -3.62. The van der Waals surface area contributed by atoms with Crippen molar-refractivity contribution in [3.05, 3.63) is 83.7 Å². The first-order valence-electron chi connectivity index (χ1n) is 11.1. The molecular formula is C25H32N4O2S. The molecule has 3 aromatic rings. The summed E-state index contributed by atoms with van der Waals surface area (Å²) in [5.41, 5.74) is 2.59. The lowest BCUT2D eigenvalue weighted by molar-refractivity contribution is 0.181. The fourth-order valence-electron chi connectivity index (χ4n) is 4.07. The van der Waals surface area contributed by atoms with E-state index in [-0.39, 0.29) is 5.41 Å². The van der Waals surface area contributed by atoms with Gasteiger partial charge >= 0.3 is 0 Å². The zero-order valence-electron chi connectivity index (χ0n) is 19.1. The van der Waals surface area contributed by atoms with Gasteiger partial charge in [0.2, 0.25) is 10.0 Å². The summed E-state index contributed by atoms with van der Waals surface area (Å²) in [6.45, 7) is 9.85.